The van der Waals surface area contributed by atoms with Crippen molar-refractivity contribution in [3.05, 3.63) is 18.2 Å². The first-order chi connectivity index (χ1) is 6.77. The molecule has 0 atom stereocenters. The fourth-order valence-electron chi connectivity index (χ4n) is 1.79. The summed E-state index contributed by atoms with van der Waals surface area (Å²) in [5, 5.41) is 0. The molecular formula is C11H19N3. The van der Waals surface area contributed by atoms with Gasteiger partial charge in [-0.15, -0.1) is 0 Å². The molecule has 14 heavy (non-hydrogen) atoms. The van der Waals surface area contributed by atoms with Crippen LogP contribution in [-0.2, 0) is 6.54 Å². The maximum atomic E-state index is 4.23. The van der Waals surface area contributed by atoms with Crippen molar-refractivity contribution >= 4 is 0 Å². The molecule has 1 aliphatic rings. The first kappa shape index (κ1) is 9.71. The SMILES string of the molecule is CN(C)CCCn1cncc1C1CC1. The Morgan fingerprint density at radius 3 is 2.93 bits per heavy atom. The number of aromatic nitrogens is 2. The number of nitrogens with zero attached hydrogens (tertiary/aromatic N) is 3. The van der Waals surface area contributed by atoms with Gasteiger partial charge in [0.05, 0.1) is 6.33 Å². The first-order valence-corrected chi connectivity index (χ1v) is 5.42. The minimum absolute atomic E-state index is 0.817. The molecule has 0 aromatic carbocycles. The molecule has 1 aliphatic carbocycles. The van der Waals surface area contributed by atoms with Gasteiger partial charge in [0.2, 0.25) is 0 Å². The highest BCUT2D eigenvalue weighted by molar-refractivity contribution is 5.12. The normalized spacial score (nSPS) is 16.5. The van der Waals surface area contributed by atoms with Crippen LogP contribution >= 0.6 is 0 Å². The first-order valence-electron chi connectivity index (χ1n) is 5.42. The summed E-state index contributed by atoms with van der Waals surface area (Å²) < 4.78 is 2.32. The third-order valence-corrected chi connectivity index (χ3v) is 2.74. The van der Waals surface area contributed by atoms with Gasteiger partial charge in [-0.1, -0.05) is 0 Å². The zero-order valence-corrected chi connectivity index (χ0v) is 9.11. The average molecular weight is 193 g/mol. The van der Waals surface area contributed by atoms with Gasteiger partial charge in [-0.25, -0.2) is 4.98 Å². The maximum Gasteiger partial charge on any atom is 0.0948 e. The van der Waals surface area contributed by atoms with Gasteiger partial charge < -0.3 is 9.47 Å². The van der Waals surface area contributed by atoms with Crippen LogP contribution in [0.2, 0.25) is 0 Å². The molecule has 2 rings (SSSR count). The monoisotopic (exact) mass is 193 g/mol. The summed E-state index contributed by atoms with van der Waals surface area (Å²) in [5.74, 6) is 0.817. The van der Waals surface area contributed by atoms with Crippen molar-refractivity contribution in [2.45, 2.75) is 31.7 Å². The van der Waals surface area contributed by atoms with Crippen LogP contribution < -0.4 is 0 Å². The van der Waals surface area contributed by atoms with Gasteiger partial charge in [-0.2, -0.15) is 0 Å². The largest absolute Gasteiger partial charge is 0.334 e. The van der Waals surface area contributed by atoms with E-state index in [0.717, 1.165) is 19.0 Å². The van der Waals surface area contributed by atoms with Gasteiger partial charge in [-0.05, 0) is 39.9 Å². The fourth-order valence-corrected chi connectivity index (χ4v) is 1.79. The molecule has 1 heterocycles. The summed E-state index contributed by atoms with van der Waals surface area (Å²) in [6.45, 7) is 2.27. The lowest BCUT2D eigenvalue weighted by atomic mass is 10.3. The van der Waals surface area contributed by atoms with Gasteiger partial charge in [0.15, 0.2) is 0 Å². The summed E-state index contributed by atoms with van der Waals surface area (Å²) in [6.07, 6.45) is 7.94. The van der Waals surface area contributed by atoms with Crippen LogP contribution in [0.3, 0.4) is 0 Å². The van der Waals surface area contributed by atoms with Gasteiger partial charge in [0, 0.05) is 24.4 Å². The smallest absolute Gasteiger partial charge is 0.0948 e. The second-order valence-corrected chi connectivity index (χ2v) is 4.44. The number of rotatable bonds is 5. The summed E-state index contributed by atoms with van der Waals surface area (Å²) in [7, 11) is 4.24. The van der Waals surface area contributed by atoms with Crippen LogP contribution in [-0.4, -0.2) is 35.1 Å². The Hall–Kier alpha value is -0.830. The predicted octanol–water partition coefficient (Wildman–Crippen LogP) is 1.71. The van der Waals surface area contributed by atoms with Crippen molar-refractivity contribution in [2.75, 3.05) is 20.6 Å². The lowest BCUT2D eigenvalue weighted by Crippen LogP contribution is -2.15. The zero-order valence-electron chi connectivity index (χ0n) is 9.11. The quantitative estimate of drug-likeness (QED) is 0.710. The summed E-state index contributed by atoms with van der Waals surface area (Å²) in [4.78, 5) is 6.46. The van der Waals surface area contributed by atoms with Crippen molar-refractivity contribution in [1.82, 2.24) is 14.5 Å². The fraction of sp³-hybridized carbons (Fsp3) is 0.727. The molecule has 0 amide bonds. The van der Waals surface area contributed by atoms with Crippen LogP contribution in [0.5, 0.6) is 0 Å². The third-order valence-electron chi connectivity index (χ3n) is 2.74. The van der Waals surface area contributed by atoms with E-state index in [1.807, 2.05) is 12.5 Å². The van der Waals surface area contributed by atoms with Crippen LogP contribution in [0.25, 0.3) is 0 Å². The van der Waals surface area contributed by atoms with Crippen LogP contribution in [0.1, 0.15) is 30.9 Å². The highest BCUT2D eigenvalue weighted by Gasteiger charge is 2.26. The summed E-state index contributed by atoms with van der Waals surface area (Å²) in [5.41, 5.74) is 1.45. The van der Waals surface area contributed by atoms with Crippen molar-refractivity contribution in [3.63, 3.8) is 0 Å². The molecule has 1 aromatic heterocycles. The Balaban J connectivity index is 1.85. The molecular weight excluding hydrogens is 174 g/mol. The molecule has 78 valence electrons. The van der Waals surface area contributed by atoms with E-state index >= 15 is 0 Å². The van der Waals surface area contributed by atoms with E-state index in [0.29, 0.717) is 0 Å². The molecule has 0 spiro atoms. The number of imidazole rings is 1. The van der Waals surface area contributed by atoms with E-state index in [-0.39, 0.29) is 0 Å². The Morgan fingerprint density at radius 2 is 2.29 bits per heavy atom. The van der Waals surface area contributed by atoms with E-state index in [1.54, 1.807) is 0 Å². The Labute approximate surface area is 85.7 Å². The molecule has 1 aromatic rings. The number of hydrogen-bond acceptors (Lipinski definition) is 2. The van der Waals surface area contributed by atoms with Gasteiger partial charge in [0.25, 0.3) is 0 Å². The Kier molecular flexibility index (Phi) is 2.87. The van der Waals surface area contributed by atoms with E-state index in [2.05, 4.69) is 28.5 Å². The Bertz CT molecular complexity index is 286. The molecule has 0 saturated heterocycles. The second kappa shape index (κ2) is 4.13. The minimum Gasteiger partial charge on any atom is -0.334 e. The molecule has 1 saturated carbocycles. The van der Waals surface area contributed by atoms with Crippen molar-refractivity contribution < 1.29 is 0 Å². The summed E-state index contributed by atoms with van der Waals surface area (Å²) >= 11 is 0. The van der Waals surface area contributed by atoms with Crippen LogP contribution in [0, 0.1) is 0 Å². The van der Waals surface area contributed by atoms with Gasteiger partial charge >= 0.3 is 0 Å². The van der Waals surface area contributed by atoms with Crippen LogP contribution in [0.15, 0.2) is 12.5 Å². The molecule has 1 fully saturated rings. The highest BCUT2D eigenvalue weighted by atomic mass is 15.1. The predicted molar refractivity (Wildman–Crippen MR) is 57.4 cm³/mol. The maximum absolute atomic E-state index is 4.23. The molecule has 0 unspecified atom stereocenters. The molecule has 3 heteroatoms. The molecule has 3 nitrogen and oxygen atoms in total. The second-order valence-electron chi connectivity index (χ2n) is 4.44. The van der Waals surface area contributed by atoms with Crippen molar-refractivity contribution in [1.29, 1.82) is 0 Å². The van der Waals surface area contributed by atoms with Crippen LogP contribution in [0.4, 0.5) is 0 Å². The summed E-state index contributed by atoms with van der Waals surface area (Å²) in [6, 6.07) is 0. The number of aryl methyl sites for hydroxylation is 1. The topological polar surface area (TPSA) is 21.1 Å². The number of hydrogen-bond donors (Lipinski definition) is 0. The molecule has 0 bridgehead atoms. The Morgan fingerprint density at radius 1 is 1.50 bits per heavy atom. The molecule has 0 aliphatic heterocycles. The average Bonchev–Trinajstić information content (AvgIpc) is 2.87. The van der Waals surface area contributed by atoms with Crippen molar-refractivity contribution in [3.8, 4) is 0 Å². The van der Waals surface area contributed by atoms with E-state index in [1.165, 1.54) is 25.0 Å². The van der Waals surface area contributed by atoms with E-state index in [4.69, 9.17) is 0 Å². The highest BCUT2D eigenvalue weighted by Crippen LogP contribution is 2.39. The van der Waals surface area contributed by atoms with E-state index < -0.39 is 0 Å². The van der Waals surface area contributed by atoms with E-state index in [9.17, 15) is 0 Å². The van der Waals surface area contributed by atoms with Gasteiger partial charge in [-0.3, -0.25) is 0 Å². The lowest BCUT2D eigenvalue weighted by molar-refractivity contribution is 0.385. The molecule has 0 N–H and O–H groups in total. The zero-order chi connectivity index (χ0) is 9.97. The molecule has 0 radical (unpaired) electrons. The minimum atomic E-state index is 0.817. The standard InChI is InChI=1S/C11H19N3/c1-13(2)6-3-7-14-9-12-8-11(14)10-4-5-10/h8-10H,3-7H2,1-2H3. The van der Waals surface area contributed by atoms with Crippen molar-refractivity contribution in [2.24, 2.45) is 0 Å². The lowest BCUT2D eigenvalue weighted by Gasteiger charge is -2.11. The third kappa shape index (κ3) is 2.35. The van der Waals surface area contributed by atoms with Gasteiger partial charge in [0.1, 0.15) is 0 Å².